The largest absolute Gasteiger partial charge is 0.504 e. The summed E-state index contributed by atoms with van der Waals surface area (Å²) in [7, 11) is 3.33. The minimum absolute atomic E-state index is 0.180. The Hall–Kier alpha value is -1.64. The fourth-order valence-electron chi connectivity index (χ4n) is 5.30. The first kappa shape index (κ1) is 14.0. The summed E-state index contributed by atoms with van der Waals surface area (Å²) in [6.07, 6.45) is 6.77. The predicted molar refractivity (Wildman–Crippen MR) is 85.6 cm³/mol. The molecule has 4 saturated carbocycles. The van der Waals surface area contributed by atoms with Crippen molar-refractivity contribution < 1.29 is 14.6 Å². The molecule has 0 saturated heterocycles. The molecule has 0 aromatic heterocycles. The maximum atomic E-state index is 10.1. The molecule has 4 bridgehead atoms. The van der Waals surface area contributed by atoms with E-state index >= 15 is 0 Å². The lowest BCUT2D eigenvalue weighted by Crippen LogP contribution is -2.40. The smallest absolute Gasteiger partial charge is 0.160 e. The second-order valence-electron chi connectivity index (χ2n) is 7.18. The molecule has 0 amide bonds. The van der Waals surface area contributed by atoms with Crippen LogP contribution in [0.2, 0.25) is 0 Å². The van der Waals surface area contributed by atoms with E-state index in [1.165, 1.54) is 37.7 Å². The molecule has 0 aliphatic heterocycles. The molecule has 0 spiro atoms. The molecular formula is C19H24O3. The summed E-state index contributed by atoms with van der Waals surface area (Å²) >= 11 is 0. The van der Waals surface area contributed by atoms with Crippen LogP contribution in [-0.4, -0.2) is 19.3 Å². The number of phenolic OH excluding ortho intramolecular Hbond substituents is 1. The highest BCUT2D eigenvalue weighted by molar-refractivity contribution is 5.67. The van der Waals surface area contributed by atoms with E-state index in [0.717, 1.165) is 23.2 Å². The van der Waals surface area contributed by atoms with Gasteiger partial charge in [0.25, 0.3) is 0 Å². The number of allylic oxidation sites excluding steroid dienone is 1. The molecule has 0 heterocycles. The summed E-state index contributed by atoms with van der Waals surface area (Å²) in [6, 6.07) is 5.59. The van der Waals surface area contributed by atoms with Crippen LogP contribution in [-0.2, 0) is 4.74 Å². The lowest BCUT2D eigenvalue weighted by atomic mass is 9.54. The van der Waals surface area contributed by atoms with Crippen molar-refractivity contribution in [3.05, 3.63) is 29.3 Å². The number of benzene rings is 1. The van der Waals surface area contributed by atoms with Crippen molar-refractivity contribution in [2.24, 2.45) is 23.7 Å². The molecule has 0 unspecified atom stereocenters. The van der Waals surface area contributed by atoms with Crippen molar-refractivity contribution in [3.8, 4) is 11.5 Å². The number of phenols is 1. The van der Waals surface area contributed by atoms with Crippen LogP contribution in [0.5, 0.6) is 11.5 Å². The van der Waals surface area contributed by atoms with Crippen molar-refractivity contribution in [3.63, 3.8) is 0 Å². The number of methoxy groups -OCH3 is 2. The van der Waals surface area contributed by atoms with E-state index in [1.54, 1.807) is 20.3 Å². The number of rotatable bonds is 3. The van der Waals surface area contributed by atoms with E-state index in [0.29, 0.717) is 17.6 Å². The molecule has 4 aliphatic rings. The van der Waals surface area contributed by atoms with E-state index in [2.05, 4.69) is 0 Å². The standard InChI is InChI=1S/C19H24O3/c1-21-17-4-3-13(10-16(17)20)19(22-2)18-14-6-11-5-12(8-14)9-15(18)7-11/h3-4,10-12,14-15,20H,5-9H2,1-2H3. The Kier molecular flexibility index (Phi) is 3.32. The Bertz CT molecular complexity index is 587. The average Bonchev–Trinajstić information content (AvgIpc) is 2.50. The topological polar surface area (TPSA) is 38.7 Å². The number of hydrogen-bond acceptors (Lipinski definition) is 3. The maximum absolute atomic E-state index is 10.1. The zero-order chi connectivity index (χ0) is 15.3. The molecule has 1 aromatic carbocycles. The Balaban J connectivity index is 1.76. The van der Waals surface area contributed by atoms with Gasteiger partial charge in [-0.05, 0) is 79.5 Å². The highest BCUT2D eigenvalue weighted by Gasteiger charge is 2.46. The van der Waals surface area contributed by atoms with Crippen LogP contribution in [0, 0.1) is 23.7 Å². The molecule has 1 N–H and O–H groups in total. The summed E-state index contributed by atoms with van der Waals surface area (Å²) in [5, 5.41) is 10.1. The molecule has 3 heteroatoms. The fraction of sp³-hybridized carbons (Fsp3) is 0.579. The lowest BCUT2D eigenvalue weighted by Gasteiger charge is -2.51. The van der Waals surface area contributed by atoms with Crippen LogP contribution in [0.25, 0.3) is 5.76 Å². The van der Waals surface area contributed by atoms with Crippen molar-refractivity contribution in [2.45, 2.75) is 32.1 Å². The van der Waals surface area contributed by atoms with Crippen molar-refractivity contribution in [1.82, 2.24) is 0 Å². The predicted octanol–water partition coefficient (Wildman–Crippen LogP) is 4.21. The summed E-state index contributed by atoms with van der Waals surface area (Å²) in [5.41, 5.74) is 2.49. The van der Waals surface area contributed by atoms with E-state index in [-0.39, 0.29) is 5.75 Å². The Labute approximate surface area is 131 Å². The molecule has 5 rings (SSSR count). The molecule has 3 nitrogen and oxygen atoms in total. The van der Waals surface area contributed by atoms with Gasteiger partial charge >= 0.3 is 0 Å². The van der Waals surface area contributed by atoms with Crippen LogP contribution in [0.15, 0.2) is 23.8 Å². The van der Waals surface area contributed by atoms with Gasteiger partial charge in [-0.25, -0.2) is 0 Å². The van der Waals surface area contributed by atoms with Gasteiger partial charge in [-0.1, -0.05) is 0 Å². The van der Waals surface area contributed by atoms with Gasteiger partial charge in [0.2, 0.25) is 0 Å². The maximum Gasteiger partial charge on any atom is 0.160 e. The first-order chi connectivity index (χ1) is 10.7. The summed E-state index contributed by atoms with van der Waals surface area (Å²) in [6.45, 7) is 0. The number of hydrogen-bond donors (Lipinski definition) is 1. The second kappa shape index (κ2) is 5.22. The minimum Gasteiger partial charge on any atom is -0.504 e. The van der Waals surface area contributed by atoms with Gasteiger partial charge in [0, 0.05) is 5.56 Å². The summed E-state index contributed by atoms with van der Waals surface area (Å²) in [4.78, 5) is 0. The number of aromatic hydroxyl groups is 1. The minimum atomic E-state index is 0.180. The van der Waals surface area contributed by atoms with Gasteiger partial charge in [0.05, 0.1) is 14.2 Å². The zero-order valence-electron chi connectivity index (χ0n) is 13.3. The van der Waals surface area contributed by atoms with Gasteiger partial charge in [0.15, 0.2) is 11.5 Å². The van der Waals surface area contributed by atoms with Crippen LogP contribution >= 0.6 is 0 Å². The van der Waals surface area contributed by atoms with Crippen molar-refractivity contribution in [1.29, 1.82) is 0 Å². The number of ether oxygens (including phenoxy) is 2. The normalized spacial score (nSPS) is 32.2. The van der Waals surface area contributed by atoms with Gasteiger partial charge < -0.3 is 14.6 Å². The summed E-state index contributed by atoms with van der Waals surface area (Å²) in [5.74, 6) is 4.94. The molecule has 118 valence electrons. The highest BCUT2D eigenvalue weighted by atomic mass is 16.5. The Morgan fingerprint density at radius 2 is 1.64 bits per heavy atom. The monoisotopic (exact) mass is 300 g/mol. The lowest BCUT2D eigenvalue weighted by molar-refractivity contribution is 0.0675. The molecule has 0 atom stereocenters. The van der Waals surface area contributed by atoms with E-state index < -0.39 is 0 Å². The van der Waals surface area contributed by atoms with Crippen molar-refractivity contribution in [2.75, 3.05) is 14.2 Å². The SMILES string of the molecule is COC(=C1C2CC3CC(C2)CC1C3)c1ccc(OC)c(O)c1. The fourth-order valence-corrected chi connectivity index (χ4v) is 5.30. The molecule has 4 fully saturated rings. The van der Waals surface area contributed by atoms with Gasteiger partial charge in [-0.3, -0.25) is 0 Å². The molecule has 1 aromatic rings. The first-order valence-electron chi connectivity index (χ1n) is 8.35. The highest BCUT2D eigenvalue weighted by Crippen LogP contribution is 2.58. The molecule has 0 radical (unpaired) electrons. The molecule has 4 aliphatic carbocycles. The quantitative estimate of drug-likeness (QED) is 0.850. The van der Waals surface area contributed by atoms with Crippen molar-refractivity contribution >= 4 is 5.76 Å². The zero-order valence-corrected chi connectivity index (χ0v) is 13.3. The third kappa shape index (κ3) is 2.10. The molecular weight excluding hydrogens is 276 g/mol. The third-order valence-electron chi connectivity index (χ3n) is 5.93. The van der Waals surface area contributed by atoms with E-state index in [9.17, 15) is 5.11 Å². The average molecular weight is 300 g/mol. The van der Waals surface area contributed by atoms with Gasteiger partial charge in [0.1, 0.15) is 5.76 Å². The van der Waals surface area contributed by atoms with E-state index in [4.69, 9.17) is 9.47 Å². The first-order valence-corrected chi connectivity index (χ1v) is 8.35. The van der Waals surface area contributed by atoms with Crippen LogP contribution < -0.4 is 4.74 Å². The third-order valence-corrected chi connectivity index (χ3v) is 5.93. The van der Waals surface area contributed by atoms with E-state index in [1.807, 2.05) is 12.1 Å². The molecule has 22 heavy (non-hydrogen) atoms. The van der Waals surface area contributed by atoms with Crippen LogP contribution in [0.1, 0.15) is 37.7 Å². The van der Waals surface area contributed by atoms with Gasteiger partial charge in [-0.2, -0.15) is 0 Å². The second-order valence-corrected chi connectivity index (χ2v) is 7.18. The van der Waals surface area contributed by atoms with Gasteiger partial charge in [-0.15, -0.1) is 0 Å². The Morgan fingerprint density at radius 3 is 2.14 bits per heavy atom. The van der Waals surface area contributed by atoms with Crippen LogP contribution in [0.4, 0.5) is 0 Å². The summed E-state index contributed by atoms with van der Waals surface area (Å²) < 4.78 is 11.0. The Morgan fingerprint density at radius 1 is 1.00 bits per heavy atom. The van der Waals surface area contributed by atoms with Crippen LogP contribution in [0.3, 0.4) is 0 Å².